The summed E-state index contributed by atoms with van der Waals surface area (Å²) in [5.74, 6) is -1.53. The lowest BCUT2D eigenvalue weighted by Gasteiger charge is -2.50. The zero-order chi connectivity index (χ0) is 24.3. The van der Waals surface area contributed by atoms with Crippen LogP contribution in [-0.2, 0) is 4.79 Å². The van der Waals surface area contributed by atoms with E-state index in [0.29, 0.717) is 28.1 Å². The molecule has 7 nitrogen and oxygen atoms in total. The molecule has 3 heterocycles. The zero-order valence-corrected chi connectivity index (χ0v) is 19.3. The van der Waals surface area contributed by atoms with Crippen molar-refractivity contribution >= 4 is 40.1 Å². The lowest BCUT2D eigenvalue weighted by molar-refractivity contribution is -0.121. The second kappa shape index (κ2) is 7.77. The summed E-state index contributed by atoms with van der Waals surface area (Å²) in [6.07, 6.45) is -0.840. The predicted octanol–water partition coefficient (Wildman–Crippen LogP) is 4.71. The summed E-state index contributed by atoms with van der Waals surface area (Å²) < 4.78 is 0. The van der Waals surface area contributed by atoms with Gasteiger partial charge in [0.1, 0.15) is 12.1 Å². The molecule has 1 saturated heterocycles. The van der Waals surface area contributed by atoms with E-state index in [9.17, 15) is 14.4 Å². The van der Waals surface area contributed by atoms with E-state index in [1.807, 2.05) is 55.5 Å². The molecule has 2 unspecified atom stereocenters. The Bertz CT molecular complexity index is 1500. The SMILES string of the molecule is Cc1ccc2nc3c(cc2c1)C(=O)N(C)C1C3C(=O)N(c2ccccc2)C(=O)N1c1ccccc1. The van der Waals surface area contributed by atoms with Crippen molar-refractivity contribution < 1.29 is 14.4 Å². The first-order valence-corrected chi connectivity index (χ1v) is 11.4. The van der Waals surface area contributed by atoms with Crippen LogP contribution >= 0.6 is 0 Å². The van der Waals surface area contributed by atoms with Crippen LogP contribution in [0.1, 0.15) is 27.5 Å². The fourth-order valence-corrected chi connectivity index (χ4v) is 5.08. The number of likely N-dealkylation sites (N-methyl/N-ethyl adjacent to an activating group) is 1. The maximum Gasteiger partial charge on any atom is 0.337 e. The summed E-state index contributed by atoms with van der Waals surface area (Å²) in [5, 5.41) is 0.836. The van der Waals surface area contributed by atoms with E-state index in [1.165, 1.54) is 14.7 Å². The van der Waals surface area contributed by atoms with Crippen LogP contribution in [0.5, 0.6) is 0 Å². The largest absolute Gasteiger partial charge is 0.337 e. The van der Waals surface area contributed by atoms with Crippen LogP contribution in [0.3, 0.4) is 0 Å². The van der Waals surface area contributed by atoms with Crippen LogP contribution in [0, 0.1) is 6.92 Å². The Balaban J connectivity index is 1.61. The summed E-state index contributed by atoms with van der Waals surface area (Å²) in [6.45, 7) is 1.98. The number of aromatic nitrogens is 1. The first-order chi connectivity index (χ1) is 17.0. The third kappa shape index (κ3) is 3.12. The minimum absolute atomic E-state index is 0.271. The zero-order valence-electron chi connectivity index (χ0n) is 19.3. The van der Waals surface area contributed by atoms with Crippen molar-refractivity contribution in [1.82, 2.24) is 9.88 Å². The van der Waals surface area contributed by atoms with Crippen molar-refractivity contribution in [2.45, 2.75) is 19.0 Å². The third-order valence-corrected chi connectivity index (χ3v) is 6.74. The predicted molar refractivity (Wildman–Crippen MR) is 133 cm³/mol. The quantitative estimate of drug-likeness (QED) is 0.432. The highest BCUT2D eigenvalue weighted by Crippen LogP contribution is 2.42. The Morgan fingerprint density at radius 3 is 2.14 bits per heavy atom. The van der Waals surface area contributed by atoms with Crippen molar-refractivity contribution in [2.24, 2.45) is 0 Å². The van der Waals surface area contributed by atoms with Gasteiger partial charge in [-0.15, -0.1) is 0 Å². The summed E-state index contributed by atoms with van der Waals surface area (Å²) >= 11 is 0. The standard InChI is InChI=1S/C28H22N4O3/c1-17-13-14-22-18(15-17)16-21-24(29-22)23-25(30(2)26(21)33)31(19-9-5-3-6-10-19)28(35)32(27(23)34)20-11-7-4-8-12-20/h3-16,23,25H,1-2H3. The number of amides is 4. The first kappa shape index (κ1) is 21.0. The minimum atomic E-state index is -0.850. The average molecular weight is 463 g/mol. The number of hydrogen-bond donors (Lipinski definition) is 0. The van der Waals surface area contributed by atoms with Gasteiger partial charge in [-0.1, -0.05) is 48.0 Å². The molecule has 2 aliphatic heterocycles. The summed E-state index contributed by atoms with van der Waals surface area (Å²) in [5.41, 5.74) is 3.61. The second-order valence-corrected chi connectivity index (χ2v) is 8.92. The van der Waals surface area contributed by atoms with Crippen LogP contribution in [0.15, 0.2) is 84.9 Å². The Morgan fingerprint density at radius 1 is 0.800 bits per heavy atom. The second-order valence-electron chi connectivity index (χ2n) is 8.92. The molecule has 0 saturated carbocycles. The maximum absolute atomic E-state index is 14.1. The van der Waals surface area contributed by atoms with Crippen molar-refractivity contribution in [3.05, 3.63) is 102 Å². The van der Waals surface area contributed by atoms with E-state index in [0.717, 1.165) is 10.9 Å². The first-order valence-electron chi connectivity index (χ1n) is 11.4. The molecule has 0 radical (unpaired) electrons. The van der Waals surface area contributed by atoms with Crippen LogP contribution in [-0.4, -0.2) is 40.9 Å². The van der Waals surface area contributed by atoms with Gasteiger partial charge in [-0.25, -0.2) is 9.69 Å². The number of aryl methyl sites for hydroxylation is 1. The summed E-state index contributed by atoms with van der Waals surface area (Å²) in [4.78, 5) is 50.5. The van der Waals surface area contributed by atoms with Crippen LogP contribution < -0.4 is 9.80 Å². The van der Waals surface area contributed by atoms with Gasteiger partial charge in [0, 0.05) is 18.1 Å². The smallest absolute Gasteiger partial charge is 0.319 e. The number of para-hydroxylation sites is 2. The molecule has 2 atom stereocenters. The number of hydrogen-bond acceptors (Lipinski definition) is 4. The van der Waals surface area contributed by atoms with Gasteiger partial charge in [0.15, 0.2) is 0 Å². The number of urea groups is 1. The van der Waals surface area contributed by atoms with Gasteiger partial charge in [-0.05, 0) is 49.4 Å². The lowest BCUT2D eigenvalue weighted by Crippen LogP contribution is -2.68. The normalized spacial score (nSPS) is 19.7. The Labute approximate surface area is 202 Å². The number of fused-ring (bicyclic) bond motifs is 4. The van der Waals surface area contributed by atoms with E-state index in [1.54, 1.807) is 43.4 Å². The summed E-state index contributed by atoms with van der Waals surface area (Å²) in [6, 6.07) is 25.1. The molecule has 4 aromatic rings. The number of rotatable bonds is 2. The number of nitrogens with zero attached hydrogens (tertiary/aromatic N) is 4. The molecular weight excluding hydrogens is 440 g/mol. The number of anilines is 2. The monoisotopic (exact) mass is 462 g/mol. The molecule has 7 heteroatoms. The van der Waals surface area contributed by atoms with E-state index in [-0.39, 0.29) is 5.91 Å². The van der Waals surface area contributed by atoms with Gasteiger partial charge in [0.25, 0.3) is 5.91 Å². The van der Waals surface area contributed by atoms with Crippen LogP contribution in [0.4, 0.5) is 16.2 Å². The molecule has 6 rings (SSSR count). The highest BCUT2D eigenvalue weighted by atomic mass is 16.2. The van der Waals surface area contributed by atoms with Crippen molar-refractivity contribution in [3.63, 3.8) is 0 Å². The molecule has 0 aliphatic carbocycles. The molecule has 1 fully saturated rings. The molecule has 4 amide bonds. The molecule has 1 aromatic heterocycles. The van der Waals surface area contributed by atoms with Gasteiger partial charge in [-0.2, -0.15) is 0 Å². The number of carbonyl (C=O) groups is 3. The van der Waals surface area contributed by atoms with Gasteiger partial charge in [0.2, 0.25) is 5.91 Å². The van der Waals surface area contributed by atoms with Gasteiger partial charge in [-0.3, -0.25) is 19.5 Å². The molecule has 2 aliphatic rings. The molecule has 35 heavy (non-hydrogen) atoms. The molecule has 0 N–H and O–H groups in total. The summed E-state index contributed by atoms with van der Waals surface area (Å²) in [7, 11) is 1.64. The van der Waals surface area contributed by atoms with E-state index in [4.69, 9.17) is 4.98 Å². The van der Waals surface area contributed by atoms with Crippen LogP contribution in [0.2, 0.25) is 0 Å². The Hall–Kier alpha value is -4.52. The number of benzene rings is 3. The van der Waals surface area contributed by atoms with Crippen molar-refractivity contribution in [3.8, 4) is 0 Å². The fraction of sp³-hybridized carbons (Fsp3) is 0.143. The van der Waals surface area contributed by atoms with Gasteiger partial charge >= 0.3 is 6.03 Å². The number of imide groups is 1. The van der Waals surface area contributed by atoms with Gasteiger partial charge < -0.3 is 4.90 Å². The Morgan fingerprint density at radius 2 is 1.46 bits per heavy atom. The third-order valence-electron chi connectivity index (χ3n) is 6.74. The highest BCUT2D eigenvalue weighted by molar-refractivity contribution is 6.25. The van der Waals surface area contributed by atoms with Crippen LogP contribution in [0.25, 0.3) is 10.9 Å². The maximum atomic E-state index is 14.1. The number of pyridine rings is 1. The highest BCUT2D eigenvalue weighted by Gasteiger charge is 2.55. The Kier molecular flexibility index (Phi) is 4.67. The topological polar surface area (TPSA) is 73.8 Å². The minimum Gasteiger partial charge on any atom is -0.319 e. The van der Waals surface area contributed by atoms with Crippen molar-refractivity contribution in [2.75, 3.05) is 16.8 Å². The fourth-order valence-electron chi connectivity index (χ4n) is 5.08. The number of carbonyl (C=O) groups excluding carboxylic acids is 3. The molecule has 172 valence electrons. The average Bonchev–Trinajstić information content (AvgIpc) is 2.87. The van der Waals surface area contributed by atoms with Crippen molar-refractivity contribution in [1.29, 1.82) is 0 Å². The van der Waals surface area contributed by atoms with Gasteiger partial charge in [0.05, 0.1) is 22.5 Å². The molecular formula is C28H22N4O3. The van der Waals surface area contributed by atoms with E-state index in [2.05, 4.69) is 0 Å². The lowest BCUT2D eigenvalue weighted by atomic mass is 9.86. The molecule has 0 bridgehead atoms. The van der Waals surface area contributed by atoms with E-state index >= 15 is 0 Å². The molecule has 3 aromatic carbocycles. The molecule has 0 spiro atoms. The van der Waals surface area contributed by atoms with E-state index < -0.39 is 24.0 Å².